The number of allylic oxidation sites excluding steroid dienone is 22. The first-order valence-corrected chi connectivity index (χ1v) is 32.7. The average molecular weight is 1090 g/mol. The number of esters is 3. The van der Waals surface area contributed by atoms with Gasteiger partial charge in [0.05, 0.1) is 0 Å². The summed E-state index contributed by atoms with van der Waals surface area (Å²) in [6.45, 7) is 6.40. The van der Waals surface area contributed by atoms with Gasteiger partial charge in [-0.3, -0.25) is 14.4 Å². The molecule has 0 N–H and O–H groups in total. The van der Waals surface area contributed by atoms with E-state index in [0.717, 1.165) is 141 Å². The fourth-order valence-electron chi connectivity index (χ4n) is 8.79. The van der Waals surface area contributed by atoms with Crippen molar-refractivity contribution in [1.82, 2.24) is 0 Å². The number of carbonyl (C=O) groups is 3. The number of carbonyl (C=O) groups excluding carboxylic acids is 3. The molecule has 0 fully saturated rings. The highest BCUT2D eigenvalue weighted by Crippen LogP contribution is 2.15. The number of hydrogen-bond acceptors (Lipinski definition) is 6. The van der Waals surface area contributed by atoms with Crippen molar-refractivity contribution in [3.8, 4) is 0 Å². The van der Waals surface area contributed by atoms with E-state index in [0.29, 0.717) is 19.3 Å². The van der Waals surface area contributed by atoms with Crippen LogP contribution in [0, 0.1) is 0 Å². The van der Waals surface area contributed by atoms with E-state index in [1.807, 2.05) is 0 Å². The first-order chi connectivity index (χ1) is 39.0. The van der Waals surface area contributed by atoms with Crippen LogP contribution in [0.25, 0.3) is 0 Å². The van der Waals surface area contributed by atoms with Gasteiger partial charge in [0.25, 0.3) is 0 Å². The van der Waals surface area contributed by atoms with Crippen molar-refractivity contribution >= 4 is 17.9 Å². The Kier molecular flexibility index (Phi) is 62.3. The van der Waals surface area contributed by atoms with Crippen molar-refractivity contribution in [2.75, 3.05) is 13.2 Å². The van der Waals surface area contributed by atoms with Gasteiger partial charge in [-0.05, 0) is 135 Å². The number of ether oxygens (including phenoxy) is 3. The molecule has 0 aromatic rings. The van der Waals surface area contributed by atoms with E-state index >= 15 is 0 Å². The second kappa shape index (κ2) is 66.1. The standard InChI is InChI=1S/C73H120O6/c1-4-7-10-13-16-19-22-25-28-30-32-34-36-38-40-42-45-48-51-54-57-60-63-66-72(75)78-69-70(68-77-71(74)65-62-59-56-53-50-47-44-27-24-21-18-15-12-9-6-3)79-73(76)67-64-61-58-55-52-49-46-43-41-39-37-35-33-31-29-26-23-20-17-14-11-8-5-2/h7-8,10-11,16-17,19-20,25-29,32-35,38-41,44,70H,4-6,9,12-15,18,21-24,30-31,36-37,42-43,45-69H2,1-3H3/b10-7-,11-8-,19-16-,20-17-,28-25-,29-26-,34-32-,35-33-,40-38-,41-39-,44-27-. The fourth-order valence-corrected chi connectivity index (χ4v) is 8.79. The maximum absolute atomic E-state index is 12.9. The molecule has 0 aromatic carbocycles. The lowest BCUT2D eigenvalue weighted by molar-refractivity contribution is -0.167. The maximum atomic E-state index is 12.9. The molecule has 0 aliphatic heterocycles. The molecule has 0 aliphatic rings. The average Bonchev–Trinajstić information content (AvgIpc) is 3.45. The second-order valence-electron chi connectivity index (χ2n) is 21.3. The lowest BCUT2D eigenvalue weighted by atomic mass is 10.1. The quantitative estimate of drug-likeness (QED) is 0.0261. The Hall–Kier alpha value is -4.45. The Morgan fingerprint density at radius 1 is 0.266 bits per heavy atom. The van der Waals surface area contributed by atoms with Gasteiger partial charge < -0.3 is 14.2 Å². The van der Waals surface area contributed by atoms with Crippen LogP contribution in [-0.4, -0.2) is 37.2 Å². The summed E-state index contributed by atoms with van der Waals surface area (Å²) in [4.78, 5) is 38.4. The van der Waals surface area contributed by atoms with Crippen LogP contribution in [0.3, 0.4) is 0 Å². The normalized spacial score (nSPS) is 13.0. The zero-order chi connectivity index (χ0) is 57.1. The molecule has 0 heterocycles. The molecular weight excluding hydrogens is 973 g/mol. The van der Waals surface area contributed by atoms with E-state index in [1.165, 1.54) is 109 Å². The first-order valence-electron chi connectivity index (χ1n) is 32.7. The molecule has 0 amide bonds. The third kappa shape index (κ3) is 64.3. The molecule has 0 rings (SSSR count). The molecule has 0 spiro atoms. The maximum Gasteiger partial charge on any atom is 0.306 e. The van der Waals surface area contributed by atoms with Crippen LogP contribution in [0.5, 0.6) is 0 Å². The molecule has 0 aromatic heterocycles. The molecule has 0 saturated heterocycles. The summed E-state index contributed by atoms with van der Waals surface area (Å²) in [5.41, 5.74) is 0. The van der Waals surface area contributed by atoms with Crippen LogP contribution in [0.15, 0.2) is 134 Å². The molecule has 1 atom stereocenters. The summed E-state index contributed by atoms with van der Waals surface area (Å²) in [6, 6.07) is 0. The first kappa shape index (κ1) is 74.5. The van der Waals surface area contributed by atoms with E-state index in [2.05, 4.69) is 154 Å². The van der Waals surface area contributed by atoms with E-state index < -0.39 is 6.10 Å². The molecule has 6 heteroatoms. The van der Waals surface area contributed by atoms with E-state index in [9.17, 15) is 14.4 Å². The summed E-state index contributed by atoms with van der Waals surface area (Å²) >= 11 is 0. The highest BCUT2D eigenvalue weighted by Gasteiger charge is 2.19. The van der Waals surface area contributed by atoms with Crippen LogP contribution in [0.1, 0.15) is 290 Å². The molecule has 1 unspecified atom stereocenters. The zero-order valence-corrected chi connectivity index (χ0v) is 51.3. The van der Waals surface area contributed by atoms with Gasteiger partial charge in [-0.25, -0.2) is 0 Å². The van der Waals surface area contributed by atoms with Crippen LogP contribution < -0.4 is 0 Å². The zero-order valence-electron chi connectivity index (χ0n) is 51.3. The second-order valence-corrected chi connectivity index (χ2v) is 21.3. The van der Waals surface area contributed by atoms with Crippen molar-refractivity contribution in [1.29, 1.82) is 0 Å². The summed E-state index contributed by atoms with van der Waals surface area (Å²) in [6.07, 6.45) is 93.0. The molecule has 79 heavy (non-hydrogen) atoms. The van der Waals surface area contributed by atoms with Gasteiger partial charge in [-0.15, -0.1) is 0 Å². The minimum atomic E-state index is -0.799. The summed E-state index contributed by atoms with van der Waals surface area (Å²) in [5.74, 6) is -0.920. The lowest BCUT2D eigenvalue weighted by Gasteiger charge is -2.18. The number of hydrogen-bond donors (Lipinski definition) is 0. The number of unbranched alkanes of at least 4 members (excludes halogenated alkanes) is 25. The smallest absolute Gasteiger partial charge is 0.306 e. The van der Waals surface area contributed by atoms with E-state index in [1.54, 1.807) is 0 Å². The predicted molar refractivity (Wildman–Crippen MR) is 343 cm³/mol. The Bertz CT molecular complexity index is 1680. The van der Waals surface area contributed by atoms with Crippen molar-refractivity contribution in [2.45, 2.75) is 297 Å². The minimum absolute atomic E-state index is 0.0936. The van der Waals surface area contributed by atoms with E-state index in [4.69, 9.17) is 14.2 Å². The van der Waals surface area contributed by atoms with Crippen molar-refractivity contribution in [3.63, 3.8) is 0 Å². The molecule has 0 bridgehead atoms. The van der Waals surface area contributed by atoms with Crippen LogP contribution >= 0.6 is 0 Å². The SMILES string of the molecule is CC/C=C\C/C=C\C/C=C\C/C=C\C/C=C\CCCCCCCCCC(=O)OCC(COC(=O)CCCCCCC/C=C\CCCCCCCC)OC(=O)CCCCCCCCC/C=C\C/C=C\C/C=C\C/C=C\C/C=C\CC. The topological polar surface area (TPSA) is 78.9 Å². The summed E-state index contributed by atoms with van der Waals surface area (Å²) in [7, 11) is 0. The van der Waals surface area contributed by atoms with Gasteiger partial charge in [0.1, 0.15) is 13.2 Å². The Balaban J connectivity index is 4.44. The monoisotopic (exact) mass is 1090 g/mol. The van der Waals surface area contributed by atoms with Gasteiger partial charge >= 0.3 is 17.9 Å². The minimum Gasteiger partial charge on any atom is -0.462 e. The van der Waals surface area contributed by atoms with Crippen LogP contribution in [0.2, 0.25) is 0 Å². The third-order valence-corrected chi connectivity index (χ3v) is 13.6. The third-order valence-electron chi connectivity index (χ3n) is 13.6. The van der Waals surface area contributed by atoms with Crippen molar-refractivity contribution in [2.24, 2.45) is 0 Å². The van der Waals surface area contributed by atoms with Gasteiger partial charge in [0.15, 0.2) is 6.10 Å². The fraction of sp³-hybridized carbons (Fsp3) is 0.658. The number of rotatable bonds is 58. The molecule has 0 radical (unpaired) electrons. The Morgan fingerprint density at radius 2 is 0.494 bits per heavy atom. The molecular formula is C73H120O6. The summed E-state index contributed by atoms with van der Waals surface area (Å²) < 4.78 is 16.9. The predicted octanol–water partition coefficient (Wildman–Crippen LogP) is 22.5. The van der Waals surface area contributed by atoms with Crippen LogP contribution in [0.4, 0.5) is 0 Å². The largest absolute Gasteiger partial charge is 0.462 e. The highest BCUT2D eigenvalue weighted by atomic mass is 16.6. The van der Waals surface area contributed by atoms with Gasteiger partial charge in [-0.2, -0.15) is 0 Å². The summed E-state index contributed by atoms with van der Waals surface area (Å²) in [5, 5.41) is 0. The Morgan fingerprint density at radius 3 is 0.785 bits per heavy atom. The molecule has 0 aliphatic carbocycles. The van der Waals surface area contributed by atoms with Crippen molar-refractivity contribution < 1.29 is 28.6 Å². The van der Waals surface area contributed by atoms with Gasteiger partial charge in [0, 0.05) is 19.3 Å². The van der Waals surface area contributed by atoms with Crippen LogP contribution in [-0.2, 0) is 28.6 Å². The molecule has 448 valence electrons. The highest BCUT2D eigenvalue weighted by molar-refractivity contribution is 5.71. The van der Waals surface area contributed by atoms with Gasteiger partial charge in [-0.1, -0.05) is 270 Å². The van der Waals surface area contributed by atoms with Gasteiger partial charge in [0.2, 0.25) is 0 Å². The molecule has 0 saturated carbocycles. The molecule has 6 nitrogen and oxygen atoms in total. The lowest BCUT2D eigenvalue weighted by Crippen LogP contribution is -2.30. The van der Waals surface area contributed by atoms with E-state index in [-0.39, 0.29) is 31.1 Å². The van der Waals surface area contributed by atoms with Crippen molar-refractivity contribution in [3.05, 3.63) is 134 Å². The Labute approximate surface area is 487 Å².